The average Bonchev–Trinajstić information content (AvgIpc) is 2.14. The quantitative estimate of drug-likeness (QED) is 0.714. The van der Waals surface area contributed by atoms with Gasteiger partial charge < -0.3 is 0 Å². The van der Waals surface area contributed by atoms with Crippen LogP contribution in [0.3, 0.4) is 0 Å². The van der Waals surface area contributed by atoms with E-state index in [4.69, 9.17) is 0 Å². The Balaban J connectivity index is 2.58. The number of carbonyl (C=O) groups excluding carboxylic acids is 1. The maximum atomic E-state index is 11.7. The van der Waals surface area contributed by atoms with Crippen molar-refractivity contribution in [1.82, 2.24) is 9.97 Å². The van der Waals surface area contributed by atoms with Crippen molar-refractivity contribution >= 4 is 5.78 Å². The topological polar surface area (TPSA) is 42.9 Å². The van der Waals surface area contributed by atoms with Crippen molar-refractivity contribution in [3.8, 4) is 0 Å². The summed E-state index contributed by atoms with van der Waals surface area (Å²) in [5, 5.41) is 0. The van der Waals surface area contributed by atoms with E-state index in [1.807, 2.05) is 6.92 Å². The van der Waals surface area contributed by atoms with Gasteiger partial charge in [-0.2, -0.15) is 0 Å². The second-order valence-electron chi connectivity index (χ2n) is 5.07. The van der Waals surface area contributed by atoms with E-state index in [0.29, 0.717) is 12.2 Å². The molecule has 0 N–H and O–H groups in total. The minimum atomic E-state index is 0.0323. The number of rotatable bonds is 3. The van der Waals surface area contributed by atoms with E-state index in [9.17, 15) is 4.79 Å². The highest BCUT2D eigenvalue weighted by molar-refractivity contribution is 5.92. The molecule has 15 heavy (non-hydrogen) atoms. The second kappa shape index (κ2) is 4.51. The van der Waals surface area contributed by atoms with Crippen LogP contribution in [0.4, 0.5) is 0 Å². The van der Waals surface area contributed by atoms with Gasteiger partial charge in [-0.1, -0.05) is 20.8 Å². The lowest BCUT2D eigenvalue weighted by atomic mass is 9.89. The molecule has 3 heteroatoms. The standard InChI is InChI=1S/C12H18N2O/c1-9-7-13-11(14-8-9)10(15)5-6-12(2,3)4/h7-8H,5-6H2,1-4H3. The molecule has 0 aliphatic rings. The van der Waals surface area contributed by atoms with Gasteiger partial charge in [0.25, 0.3) is 0 Å². The van der Waals surface area contributed by atoms with Crippen molar-refractivity contribution < 1.29 is 4.79 Å². The lowest BCUT2D eigenvalue weighted by molar-refractivity contribution is 0.0955. The van der Waals surface area contributed by atoms with Crippen molar-refractivity contribution in [2.24, 2.45) is 5.41 Å². The van der Waals surface area contributed by atoms with Gasteiger partial charge in [-0.05, 0) is 24.3 Å². The van der Waals surface area contributed by atoms with E-state index >= 15 is 0 Å². The van der Waals surface area contributed by atoms with Gasteiger partial charge in [0.05, 0.1) is 0 Å². The van der Waals surface area contributed by atoms with Crippen LogP contribution in [-0.4, -0.2) is 15.8 Å². The Bertz CT molecular complexity index is 336. The Morgan fingerprint density at radius 3 is 2.27 bits per heavy atom. The first-order chi connectivity index (χ1) is 6.88. The summed E-state index contributed by atoms with van der Waals surface area (Å²) in [6.45, 7) is 8.27. The number of Topliss-reactive ketones (excluding diaryl/α,β-unsaturated/α-hetero) is 1. The van der Waals surface area contributed by atoms with Crippen LogP contribution in [0, 0.1) is 12.3 Å². The van der Waals surface area contributed by atoms with Gasteiger partial charge in [-0.25, -0.2) is 9.97 Å². The van der Waals surface area contributed by atoms with Crippen LogP contribution in [0.25, 0.3) is 0 Å². The first kappa shape index (κ1) is 11.8. The number of ketones is 1. The summed E-state index contributed by atoms with van der Waals surface area (Å²) in [5.41, 5.74) is 1.16. The normalized spacial score (nSPS) is 11.5. The van der Waals surface area contributed by atoms with Gasteiger partial charge in [0, 0.05) is 18.8 Å². The zero-order valence-electron chi connectivity index (χ0n) is 9.87. The number of carbonyl (C=O) groups is 1. The minimum Gasteiger partial charge on any atom is -0.291 e. The molecule has 82 valence electrons. The van der Waals surface area contributed by atoms with Crippen molar-refractivity contribution in [2.45, 2.75) is 40.5 Å². The van der Waals surface area contributed by atoms with Gasteiger partial charge >= 0.3 is 0 Å². The Labute approximate surface area is 91.0 Å². The Hall–Kier alpha value is -1.25. The lowest BCUT2D eigenvalue weighted by Gasteiger charge is -2.16. The molecule has 0 saturated carbocycles. The van der Waals surface area contributed by atoms with Crippen molar-refractivity contribution in [2.75, 3.05) is 0 Å². The number of hydrogen-bond acceptors (Lipinski definition) is 3. The zero-order valence-corrected chi connectivity index (χ0v) is 9.87. The average molecular weight is 206 g/mol. The molecule has 0 radical (unpaired) electrons. The van der Waals surface area contributed by atoms with E-state index in [-0.39, 0.29) is 11.2 Å². The molecule has 0 fully saturated rings. The third-order valence-electron chi connectivity index (χ3n) is 2.13. The molecular formula is C12H18N2O. The summed E-state index contributed by atoms with van der Waals surface area (Å²) in [5.74, 6) is 0.370. The number of aryl methyl sites for hydroxylation is 1. The predicted molar refractivity (Wildman–Crippen MR) is 59.8 cm³/mol. The summed E-state index contributed by atoms with van der Waals surface area (Å²) in [7, 11) is 0. The summed E-state index contributed by atoms with van der Waals surface area (Å²) in [6, 6.07) is 0. The first-order valence-corrected chi connectivity index (χ1v) is 5.20. The fourth-order valence-corrected chi connectivity index (χ4v) is 1.14. The maximum absolute atomic E-state index is 11.7. The molecule has 1 rings (SSSR count). The highest BCUT2D eigenvalue weighted by Gasteiger charge is 2.15. The largest absolute Gasteiger partial charge is 0.291 e. The Kier molecular flexibility index (Phi) is 3.56. The second-order valence-corrected chi connectivity index (χ2v) is 5.07. The molecule has 1 aromatic rings. The van der Waals surface area contributed by atoms with Crippen LogP contribution in [-0.2, 0) is 0 Å². The highest BCUT2D eigenvalue weighted by atomic mass is 16.1. The van der Waals surface area contributed by atoms with Crippen molar-refractivity contribution in [3.63, 3.8) is 0 Å². The van der Waals surface area contributed by atoms with Crippen LogP contribution in [0.5, 0.6) is 0 Å². The van der Waals surface area contributed by atoms with Crippen molar-refractivity contribution in [3.05, 3.63) is 23.8 Å². The third kappa shape index (κ3) is 4.19. The van der Waals surface area contributed by atoms with Gasteiger partial charge in [0.1, 0.15) is 0 Å². The molecule has 1 heterocycles. The molecule has 0 aliphatic heterocycles. The van der Waals surface area contributed by atoms with Crippen LogP contribution < -0.4 is 0 Å². The number of aromatic nitrogens is 2. The smallest absolute Gasteiger partial charge is 0.200 e. The summed E-state index contributed by atoms with van der Waals surface area (Å²) < 4.78 is 0. The van der Waals surface area contributed by atoms with E-state index in [0.717, 1.165) is 12.0 Å². The van der Waals surface area contributed by atoms with Crippen molar-refractivity contribution in [1.29, 1.82) is 0 Å². The van der Waals surface area contributed by atoms with Gasteiger partial charge in [-0.3, -0.25) is 4.79 Å². The molecule has 0 atom stereocenters. The highest BCUT2D eigenvalue weighted by Crippen LogP contribution is 2.21. The SMILES string of the molecule is Cc1cnc(C(=O)CCC(C)(C)C)nc1. The lowest BCUT2D eigenvalue weighted by Crippen LogP contribution is -2.11. The zero-order chi connectivity index (χ0) is 11.5. The van der Waals surface area contributed by atoms with Crippen LogP contribution in [0.2, 0.25) is 0 Å². The summed E-state index contributed by atoms with van der Waals surface area (Å²) in [6.07, 6.45) is 4.74. The minimum absolute atomic E-state index is 0.0323. The fourth-order valence-electron chi connectivity index (χ4n) is 1.14. The molecule has 0 aromatic carbocycles. The molecule has 1 aromatic heterocycles. The monoisotopic (exact) mass is 206 g/mol. The summed E-state index contributed by atoms with van der Waals surface area (Å²) >= 11 is 0. The predicted octanol–water partition coefficient (Wildman–Crippen LogP) is 2.79. The molecular weight excluding hydrogens is 188 g/mol. The van der Waals surface area contributed by atoms with Crippen LogP contribution in [0.15, 0.2) is 12.4 Å². The molecule has 0 bridgehead atoms. The molecule has 0 amide bonds. The third-order valence-corrected chi connectivity index (χ3v) is 2.13. The first-order valence-electron chi connectivity index (χ1n) is 5.20. The van der Waals surface area contributed by atoms with Gasteiger partial charge in [-0.15, -0.1) is 0 Å². The van der Waals surface area contributed by atoms with Gasteiger partial charge in [0.2, 0.25) is 0 Å². The van der Waals surface area contributed by atoms with E-state index in [1.165, 1.54) is 0 Å². The molecule has 0 saturated heterocycles. The van der Waals surface area contributed by atoms with E-state index in [2.05, 4.69) is 30.7 Å². The molecule has 0 unspecified atom stereocenters. The Morgan fingerprint density at radius 2 is 1.80 bits per heavy atom. The van der Waals surface area contributed by atoms with E-state index < -0.39 is 0 Å². The number of hydrogen-bond donors (Lipinski definition) is 0. The molecule has 3 nitrogen and oxygen atoms in total. The maximum Gasteiger partial charge on any atom is 0.200 e. The number of nitrogens with zero attached hydrogens (tertiary/aromatic N) is 2. The van der Waals surface area contributed by atoms with Crippen LogP contribution >= 0.6 is 0 Å². The Morgan fingerprint density at radius 1 is 1.27 bits per heavy atom. The molecule has 0 aliphatic carbocycles. The van der Waals surface area contributed by atoms with Crippen LogP contribution in [0.1, 0.15) is 49.8 Å². The van der Waals surface area contributed by atoms with E-state index in [1.54, 1.807) is 12.4 Å². The summed E-state index contributed by atoms with van der Waals surface area (Å²) in [4.78, 5) is 19.7. The van der Waals surface area contributed by atoms with Gasteiger partial charge in [0.15, 0.2) is 11.6 Å². The fraction of sp³-hybridized carbons (Fsp3) is 0.583. The molecule has 0 spiro atoms.